The summed E-state index contributed by atoms with van der Waals surface area (Å²) in [6.45, 7) is 10.8. The fraction of sp³-hybridized carbons (Fsp3) is 0.588. The largest absolute Gasteiger partial charge is 0.342 e. The summed E-state index contributed by atoms with van der Waals surface area (Å²) >= 11 is 0. The molecule has 1 aromatic carbocycles. The molecule has 5 nitrogen and oxygen atoms in total. The van der Waals surface area contributed by atoms with E-state index in [0.717, 1.165) is 53.7 Å². The second-order valence-electron chi connectivity index (χ2n) is 6.37. The van der Waals surface area contributed by atoms with E-state index in [-0.39, 0.29) is 12.5 Å². The molecule has 0 spiro atoms. The number of benzene rings is 1. The molecule has 0 unspecified atom stereocenters. The third-order valence-corrected chi connectivity index (χ3v) is 6.75. The van der Waals surface area contributed by atoms with Crippen molar-refractivity contribution in [1.82, 2.24) is 9.62 Å². The molecule has 0 aromatic heterocycles. The maximum atomic E-state index is 12.7. The molecule has 0 saturated carbocycles. The summed E-state index contributed by atoms with van der Waals surface area (Å²) in [6, 6.07) is 0. The summed E-state index contributed by atoms with van der Waals surface area (Å²) in [5.74, 6) is -0.151. The van der Waals surface area contributed by atoms with Gasteiger partial charge < -0.3 is 4.90 Å². The topological polar surface area (TPSA) is 66.5 Å². The molecule has 128 valence electrons. The van der Waals surface area contributed by atoms with Crippen molar-refractivity contribution in [2.24, 2.45) is 0 Å². The van der Waals surface area contributed by atoms with Gasteiger partial charge in [0.05, 0.1) is 11.4 Å². The van der Waals surface area contributed by atoms with Crippen LogP contribution in [0.5, 0.6) is 0 Å². The van der Waals surface area contributed by atoms with Crippen LogP contribution in [-0.4, -0.2) is 38.9 Å². The number of rotatable bonds is 4. The van der Waals surface area contributed by atoms with E-state index in [0.29, 0.717) is 4.90 Å². The normalized spacial score (nSPS) is 15.3. The first-order chi connectivity index (χ1) is 10.7. The first kappa shape index (κ1) is 17.9. The Kier molecular flexibility index (Phi) is 5.16. The van der Waals surface area contributed by atoms with E-state index in [9.17, 15) is 13.2 Å². The lowest BCUT2D eigenvalue weighted by Gasteiger charge is -2.20. The zero-order valence-electron chi connectivity index (χ0n) is 14.6. The molecule has 0 bridgehead atoms. The third kappa shape index (κ3) is 3.43. The van der Waals surface area contributed by atoms with Gasteiger partial charge in [0.2, 0.25) is 15.9 Å². The average molecular weight is 338 g/mol. The van der Waals surface area contributed by atoms with Crippen LogP contribution in [0.15, 0.2) is 4.90 Å². The van der Waals surface area contributed by atoms with Crippen molar-refractivity contribution in [3.8, 4) is 0 Å². The monoisotopic (exact) mass is 338 g/mol. The second kappa shape index (κ2) is 6.61. The molecule has 0 radical (unpaired) electrons. The van der Waals surface area contributed by atoms with Gasteiger partial charge in [-0.1, -0.05) is 0 Å². The zero-order chi connectivity index (χ0) is 17.4. The molecule has 0 atom stereocenters. The zero-order valence-corrected chi connectivity index (χ0v) is 15.4. The Hall–Kier alpha value is -1.40. The number of likely N-dealkylation sites (tertiary alicyclic amines) is 1. The minimum absolute atomic E-state index is 0.151. The molecule has 1 aliphatic rings. The fourth-order valence-corrected chi connectivity index (χ4v) is 4.75. The first-order valence-corrected chi connectivity index (χ1v) is 9.49. The summed E-state index contributed by atoms with van der Waals surface area (Å²) in [7, 11) is -3.71. The van der Waals surface area contributed by atoms with Gasteiger partial charge in [0.15, 0.2) is 0 Å². The lowest BCUT2D eigenvalue weighted by atomic mass is 9.95. The van der Waals surface area contributed by atoms with Crippen LogP contribution in [-0.2, 0) is 14.8 Å². The predicted octanol–water partition coefficient (Wildman–Crippen LogP) is 2.13. The van der Waals surface area contributed by atoms with Gasteiger partial charge in [0.25, 0.3) is 0 Å². The van der Waals surface area contributed by atoms with Gasteiger partial charge in [-0.15, -0.1) is 0 Å². The maximum absolute atomic E-state index is 12.7. The highest BCUT2D eigenvalue weighted by Gasteiger charge is 2.25. The van der Waals surface area contributed by atoms with Crippen LogP contribution in [0, 0.1) is 34.6 Å². The maximum Gasteiger partial charge on any atom is 0.241 e. The van der Waals surface area contributed by atoms with Crippen LogP contribution in [0.4, 0.5) is 0 Å². The summed E-state index contributed by atoms with van der Waals surface area (Å²) in [5, 5.41) is 0. The Labute approximate surface area is 139 Å². The molecule has 6 heteroatoms. The second-order valence-corrected chi connectivity index (χ2v) is 8.07. The van der Waals surface area contributed by atoms with Gasteiger partial charge in [-0.05, 0) is 75.3 Å². The van der Waals surface area contributed by atoms with Crippen LogP contribution in [0.1, 0.15) is 40.7 Å². The van der Waals surface area contributed by atoms with Gasteiger partial charge in [-0.3, -0.25) is 4.79 Å². The number of carbonyl (C=O) groups excluding carboxylic acids is 1. The highest BCUT2D eigenvalue weighted by molar-refractivity contribution is 7.89. The van der Waals surface area contributed by atoms with E-state index in [1.165, 1.54) is 0 Å². The summed E-state index contributed by atoms with van der Waals surface area (Å²) in [6.07, 6.45) is 1.99. The number of nitrogens with zero attached hydrogens (tertiary/aromatic N) is 1. The molecule has 1 amide bonds. The molecule has 1 aromatic rings. The first-order valence-electron chi connectivity index (χ1n) is 8.01. The van der Waals surface area contributed by atoms with Crippen molar-refractivity contribution in [2.75, 3.05) is 19.6 Å². The molecule has 1 heterocycles. The lowest BCUT2D eigenvalue weighted by molar-refractivity contribution is -0.128. The molecule has 1 aliphatic heterocycles. The minimum atomic E-state index is -3.71. The minimum Gasteiger partial charge on any atom is -0.342 e. The van der Waals surface area contributed by atoms with Crippen LogP contribution < -0.4 is 4.72 Å². The van der Waals surface area contributed by atoms with Crippen molar-refractivity contribution >= 4 is 15.9 Å². The number of carbonyl (C=O) groups is 1. The molecule has 0 aliphatic carbocycles. The number of hydrogen-bond acceptors (Lipinski definition) is 3. The number of nitrogens with one attached hydrogen (secondary N) is 1. The number of hydrogen-bond donors (Lipinski definition) is 1. The van der Waals surface area contributed by atoms with Gasteiger partial charge in [-0.25, -0.2) is 13.1 Å². The van der Waals surface area contributed by atoms with Gasteiger partial charge in [-0.2, -0.15) is 0 Å². The van der Waals surface area contributed by atoms with E-state index in [2.05, 4.69) is 4.72 Å². The highest BCUT2D eigenvalue weighted by Crippen LogP contribution is 2.29. The number of sulfonamides is 1. The van der Waals surface area contributed by atoms with Gasteiger partial charge in [0, 0.05) is 13.1 Å². The standard InChI is InChI=1S/C17H26N2O3S/c1-11-12(2)14(4)17(15(5)13(11)3)23(21,22)18-10-16(20)19-8-6-7-9-19/h18H,6-10H2,1-5H3. The van der Waals surface area contributed by atoms with E-state index < -0.39 is 10.0 Å². The molecular formula is C17H26N2O3S. The summed E-state index contributed by atoms with van der Waals surface area (Å²) in [5.41, 5.74) is 4.60. The molecule has 23 heavy (non-hydrogen) atoms. The molecule has 2 rings (SSSR count). The quantitative estimate of drug-likeness (QED) is 0.914. The fourth-order valence-electron chi connectivity index (χ4n) is 3.18. The lowest BCUT2D eigenvalue weighted by Crippen LogP contribution is -2.39. The van der Waals surface area contributed by atoms with Gasteiger partial charge in [0.1, 0.15) is 0 Å². The van der Waals surface area contributed by atoms with Crippen LogP contribution in [0.3, 0.4) is 0 Å². The van der Waals surface area contributed by atoms with Crippen LogP contribution >= 0.6 is 0 Å². The predicted molar refractivity (Wildman–Crippen MR) is 91.1 cm³/mol. The van der Waals surface area contributed by atoms with Crippen molar-refractivity contribution in [2.45, 2.75) is 52.4 Å². The smallest absolute Gasteiger partial charge is 0.241 e. The van der Waals surface area contributed by atoms with Gasteiger partial charge >= 0.3 is 0 Å². The molecule has 1 saturated heterocycles. The van der Waals surface area contributed by atoms with Crippen molar-refractivity contribution < 1.29 is 13.2 Å². The van der Waals surface area contributed by atoms with Crippen molar-refractivity contribution in [3.05, 3.63) is 27.8 Å². The van der Waals surface area contributed by atoms with E-state index >= 15 is 0 Å². The van der Waals surface area contributed by atoms with Crippen LogP contribution in [0.2, 0.25) is 0 Å². The van der Waals surface area contributed by atoms with Crippen molar-refractivity contribution in [1.29, 1.82) is 0 Å². The SMILES string of the molecule is Cc1c(C)c(C)c(S(=O)(=O)NCC(=O)N2CCCC2)c(C)c1C. The Morgan fingerprint density at radius 3 is 1.83 bits per heavy atom. The van der Waals surface area contributed by atoms with E-state index in [1.807, 2.05) is 34.6 Å². The summed E-state index contributed by atoms with van der Waals surface area (Å²) < 4.78 is 27.9. The van der Waals surface area contributed by atoms with Crippen molar-refractivity contribution in [3.63, 3.8) is 0 Å². The Balaban J connectivity index is 2.28. The molecule has 1 N–H and O–H groups in total. The summed E-state index contributed by atoms with van der Waals surface area (Å²) in [4.78, 5) is 14.1. The van der Waals surface area contributed by atoms with E-state index in [1.54, 1.807) is 4.90 Å². The Morgan fingerprint density at radius 2 is 1.35 bits per heavy atom. The Morgan fingerprint density at radius 1 is 0.913 bits per heavy atom. The average Bonchev–Trinajstić information content (AvgIpc) is 3.03. The Bertz CT molecular complexity index is 704. The van der Waals surface area contributed by atoms with Crippen LogP contribution in [0.25, 0.3) is 0 Å². The third-order valence-electron chi connectivity index (χ3n) is 5.07. The molecule has 1 fully saturated rings. The van der Waals surface area contributed by atoms with E-state index in [4.69, 9.17) is 0 Å². The molecular weight excluding hydrogens is 312 g/mol. The number of amides is 1. The highest BCUT2D eigenvalue weighted by atomic mass is 32.2.